The standard InChI is InChI=1S/C16H22O2S/c1-4-15(17)18-12-13-19-16(5-2,6-3)14-10-8-7-9-11-14/h4,7-11H,1,5-6,12-13H2,2-3H3. The summed E-state index contributed by atoms with van der Waals surface area (Å²) in [5.41, 5.74) is 1.35. The fraction of sp³-hybridized carbons (Fsp3) is 0.438. The lowest BCUT2D eigenvalue weighted by Gasteiger charge is -2.31. The largest absolute Gasteiger partial charge is 0.462 e. The molecule has 1 aromatic rings. The van der Waals surface area contributed by atoms with E-state index in [0.29, 0.717) is 6.61 Å². The molecule has 2 nitrogen and oxygen atoms in total. The van der Waals surface area contributed by atoms with Crippen molar-refractivity contribution in [3.8, 4) is 0 Å². The van der Waals surface area contributed by atoms with Gasteiger partial charge in [-0.1, -0.05) is 50.8 Å². The van der Waals surface area contributed by atoms with Crippen molar-refractivity contribution in [3.05, 3.63) is 48.6 Å². The van der Waals surface area contributed by atoms with Gasteiger partial charge in [-0.2, -0.15) is 0 Å². The summed E-state index contributed by atoms with van der Waals surface area (Å²) < 4.78 is 5.15. The second kappa shape index (κ2) is 8.05. The molecule has 0 fully saturated rings. The predicted octanol–water partition coefficient (Wildman–Crippen LogP) is 4.16. The molecule has 3 heteroatoms. The summed E-state index contributed by atoms with van der Waals surface area (Å²) in [6.45, 7) is 8.24. The Hall–Kier alpha value is -1.22. The third kappa shape index (κ3) is 4.43. The quantitative estimate of drug-likeness (QED) is 0.406. The van der Waals surface area contributed by atoms with Crippen LogP contribution in [0.1, 0.15) is 32.3 Å². The van der Waals surface area contributed by atoms with Crippen molar-refractivity contribution in [2.24, 2.45) is 0 Å². The number of hydrogen-bond acceptors (Lipinski definition) is 3. The van der Waals surface area contributed by atoms with Crippen LogP contribution in [-0.4, -0.2) is 18.3 Å². The van der Waals surface area contributed by atoms with Crippen LogP contribution in [0.3, 0.4) is 0 Å². The first kappa shape index (κ1) is 15.8. The van der Waals surface area contributed by atoms with Gasteiger partial charge in [0.15, 0.2) is 0 Å². The summed E-state index contributed by atoms with van der Waals surface area (Å²) in [6, 6.07) is 10.5. The van der Waals surface area contributed by atoms with E-state index < -0.39 is 0 Å². The SMILES string of the molecule is C=CC(=O)OCCSC(CC)(CC)c1ccccc1. The predicted molar refractivity (Wildman–Crippen MR) is 82.3 cm³/mol. The summed E-state index contributed by atoms with van der Waals surface area (Å²) in [7, 11) is 0. The molecule has 0 atom stereocenters. The second-order valence-corrected chi connectivity index (χ2v) is 5.77. The molecule has 104 valence electrons. The van der Waals surface area contributed by atoms with Crippen LogP contribution in [0.5, 0.6) is 0 Å². The molecule has 0 amide bonds. The van der Waals surface area contributed by atoms with E-state index in [4.69, 9.17) is 4.74 Å². The summed E-state index contributed by atoms with van der Waals surface area (Å²) in [4.78, 5) is 11.0. The molecule has 0 N–H and O–H groups in total. The van der Waals surface area contributed by atoms with Crippen LogP contribution in [-0.2, 0) is 14.3 Å². The molecular weight excluding hydrogens is 256 g/mol. The number of benzene rings is 1. The van der Waals surface area contributed by atoms with Crippen LogP contribution in [0, 0.1) is 0 Å². The zero-order valence-corrected chi connectivity index (χ0v) is 12.5. The molecule has 0 aliphatic rings. The molecular formula is C16H22O2S. The molecule has 19 heavy (non-hydrogen) atoms. The number of carbonyl (C=O) groups excluding carboxylic acids is 1. The van der Waals surface area contributed by atoms with E-state index in [9.17, 15) is 4.79 Å². The highest BCUT2D eigenvalue weighted by Crippen LogP contribution is 2.42. The molecule has 0 spiro atoms. The number of carbonyl (C=O) groups is 1. The lowest BCUT2D eigenvalue weighted by Crippen LogP contribution is -2.21. The van der Waals surface area contributed by atoms with E-state index in [2.05, 4.69) is 44.7 Å². The van der Waals surface area contributed by atoms with Gasteiger partial charge in [0.2, 0.25) is 0 Å². The first-order valence-electron chi connectivity index (χ1n) is 6.67. The van der Waals surface area contributed by atoms with Gasteiger partial charge in [-0.05, 0) is 18.4 Å². The average Bonchev–Trinajstić information content (AvgIpc) is 2.48. The van der Waals surface area contributed by atoms with Gasteiger partial charge >= 0.3 is 5.97 Å². The zero-order valence-electron chi connectivity index (χ0n) is 11.7. The maximum absolute atomic E-state index is 11.0. The highest BCUT2D eigenvalue weighted by atomic mass is 32.2. The highest BCUT2D eigenvalue weighted by molar-refractivity contribution is 8.00. The van der Waals surface area contributed by atoms with Crippen molar-refractivity contribution < 1.29 is 9.53 Å². The van der Waals surface area contributed by atoms with E-state index in [-0.39, 0.29) is 10.7 Å². The van der Waals surface area contributed by atoms with Crippen LogP contribution in [0.4, 0.5) is 0 Å². The molecule has 0 bridgehead atoms. The average molecular weight is 278 g/mol. The lowest BCUT2D eigenvalue weighted by atomic mass is 9.93. The molecule has 0 saturated carbocycles. The Bertz CT molecular complexity index is 396. The van der Waals surface area contributed by atoms with E-state index in [1.165, 1.54) is 11.6 Å². The van der Waals surface area contributed by atoms with Gasteiger partial charge in [0.1, 0.15) is 6.61 Å². The van der Waals surface area contributed by atoms with Crippen molar-refractivity contribution in [2.75, 3.05) is 12.4 Å². The van der Waals surface area contributed by atoms with Crippen molar-refractivity contribution in [3.63, 3.8) is 0 Å². The summed E-state index contributed by atoms with van der Waals surface area (Å²) in [6.07, 6.45) is 3.33. The molecule has 0 saturated heterocycles. The third-order valence-electron chi connectivity index (χ3n) is 3.31. The molecule has 0 unspecified atom stereocenters. The van der Waals surface area contributed by atoms with Crippen LogP contribution in [0.15, 0.2) is 43.0 Å². The number of esters is 1. The molecule has 0 aromatic heterocycles. The van der Waals surface area contributed by atoms with Gasteiger partial charge in [-0.15, -0.1) is 11.8 Å². The van der Waals surface area contributed by atoms with Gasteiger partial charge < -0.3 is 4.74 Å². The molecule has 0 heterocycles. The minimum atomic E-state index is -0.348. The van der Waals surface area contributed by atoms with Crippen LogP contribution >= 0.6 is 11.8 Å². The third-order valence-corrected chi connectivity index (χ3v) is 5.05. The minimum Gasteiger partial charge on any atom is -0.462 e. The fourth-order valence-corrected chi connectivity index (χ4v) is 3.39. The lowest BCUT2D eigenvalue weighted by molar-refractivity contribution is -0.137. The van der Waals surface area contributed by atoms with Crippen LogP contribution in [0.25, 0.3) is 0 Å². The second-order valence-electron chi connectivity index (χ2n) is 4.29. The molecule has 1 aromatic carbocycles. The number of thioether (sulfide) groups is 1. The van der Waals surface area contributed by atoms with Crippen LogP contribution in [0.2, 0.25) is 0 Å². The Labute approximate surface area is 120 Å². The van der Waals surface area contributed by atoms with Crippen molar-refractivity contribution in [1.82, 2.24) is 0 Å². The van der Waals surface area contributed by atoms with Gasteiger partial charge in [0, 0.05) is 16.6 Å². The van der Waals surface area contributed by atoms with E-state index in [1.807, 2.05) is 17.8 Å². The van der Waals surface area contributed by atoms with E-state index in [1.54, 1.807) is 0 Å². The summed E-state index contributed by atoms with van der Waals surface area (Å²) >= 11 is 1.86. The Morgan fingerprint density at radius 1 is 1.32 bits per heavy atom. The Morgan fingerprint density at radius 3 is 2.47 bits per heavy atom. The maximum atomic E-state index is 11.0. The van der Waals surface area contributed by atoms with Gasteiger partial charge in [-0.25, -0.2) is 4.79 Å². The van der Waals surface area contributed by atoms with Crippen molar-refractivity contribution in [2.45, 2.75) is 31.4 Å². The number of rotatable bonds is 8. The first-order chi connectivity index (χ1) is 9.18. The minimum absolute atomic E-state index is 0.113. The summed E-state index contributed by atoms with van der Waals surface area (Å²) in [5, 5.41) is 0. The monoisotopic (exact) mass is 278 g/mol. The van der Waals surface area contributed by atoms with Gasteiger partial charge in [-0.3, -0.25) is 0 Å². The van der Waals surface area contributed by atoms with Gasteiger partial charge in [0.25, 0.3) is 0 Å². The van der Waals surface area contributed by atoms with Crippen molar-refractivity contribution in [1.29, 1.82) is 0 Å². The fourth-order valence-electron chi connectivity index (χ4n) is 2.13. The van der Waals surface area contributed by atoms with E-state index >= 15 is 0 Å². The molecule has 0 radical (unpaired) electrons. The highest BCUT2D eigenvalue weighted by Gasteiger charge is 2.28. The summed E-state index contributed by atoms with van der Waals surface area (Å²) in [5.74, 6) is 0.454. The van der Waals surface area contributed by atoms with E-state index in [0.717, 1.165) is 18.6 Å². The maximum Gasteiger partial charge on any atom is 0.330 e. The molecule has 0 aliphatic carbocycles. The Morgan fingerprint density at radius 2 is 1.95 bits per heavy atom. The number of hydrogen-bond donors (Lipinski definition) is 0. The first-order valence-corrected chi connectivity index (χ1v) is 7.65. The zero-order chi connectivity index (χ0) is 14.1. The smallest absolute Gasteiger partial charge is 0.330 e. The Balaban J connectivity index is 2.62. The topological polar surface area (TPSA) is 26.3 Å². The van der Waals surface area contributed by atoms with Gasteiger partial charge in [0.05, 0.1) is 0 Å². The molecule has 0 aliphatic heterocycles. The van der Waals surface area contributed by atoms with Crippen molar-refractivity contribution >= 4 is 17.7 Å². The normalized spacial score (nSPS) is 11.1. The molecule has 1 rings (SSSR count). The Kier molecular flexibility index (Phi) is 6.71. The van der Waals surface area contributed by atoms with Crippen LogP contribution < -0.4 is 0 Å². The number of ether oxygens (including phenoxy) is 1.